The molecule has 3 heteroatoms. The van der Waals surface area contributed by atoms with E-state index in [0.717, 1.165) is 10.6 Å². The number of Topliss-reactive ketones (excluding diaryl/α,β-unsaturated/α-hetero) is 1. The summed E-state index contributed by atoms with van der Waals surface area (Å²) < 4.78 is 13.7. The molecule has 21 heavy (non-hydrogen) atoms. The van der Waals surface area contributed by atoms with Gasteiger partial charge in [-0.05, 0) is 0 Å². The molecule has 0 amide bonds. The van der Waals surface area contributed by atoms with Crippen molar-refractivity contribution in [1.29, 1.82) is 0 Å². The largest absolute Gasteiger partial charge is 0.313 e. The Kier molecular flexibility index (Phi) is 4.49. The summed E-state index contributed by atoms with van der Waals surface area (Å²) in [5.74, 6) is 0.0264. The first-order valence-electron chi connectivity index (χ1n) is 7.08. The normalized spacial score (nSPS) is 12.1. The molecule has 0 aliphatic rings. The molecule has 0 unspecified atom stereocenters. The number of ketones is 1. The summed E-state index contributed by atoms with van der Waals surface area (Å²) >= 11 is 0. The molecule has 0 bridgehead atoms. The number of carbonyl (C=O) groups is 1. The highest BCUT2D eigenvalue weighted by molar-refractivity contribution is 7.79. The zero-order chi connectivity index (χ0) is 15.5. The van der Waals surface area contributed by atoms with Crippen molar-refractivity contribution in [1.82, 2.24) is 0 Å². The fraction of sp³-hybridized carbons (Fsp3) is 0.278. The van der Waals surface area contributed by atoms with Gasteiger partial charge in [-0.15, -0.1) is 0 Å². The first kappa shape index (κ1) is 15.7. The molecule has 2 aromatic carbocycles. The van der Waals surface area contributed by atoms with E-state index in [-0.39, 0.29) is 11.9 Å². The second kappa shape index (κ2) is 5.99. The van der Waals surface area contributed by atoms with Crippen molar-refractivity contribution in [2.75, 3.05) is 6.16 Å². The van der Waals surface area contributed by atoms with Gasteiger partial charge < -0.3 is 4.57 Å². The first-order chi connectivity index (χ1) is 9.84. The second-order valence-electron chi connectivity index (χ2n) is 6.24. The third kappa shape index (κ3) is 3.51. The molecule has 0 heterocycles. The van der Waals surface area contributed by atoms with E-state index in [0.29, 0.717) is 0 Å². The quantitative estimate of drug-likeness (QED) is 0.808. The fourth-order valence-corrected chi connectivity index (χ4v) is 4.96. The van der Waals surface area contributed by atoms with Gasteiger partial charge in [0.25, 0.3) is 0 Å². The van der Waals surface area contributed by atoms with Gasteiger partial charge in [-0.3, -0.25) is 4.79 Å². The van der Waals surface area contributed by atoms with Crippen molar-refractivity contribution in [3.05, 3.63) is 60.7 Å². The lowest BCUT2D eigenvalue weighted by Crippen LogP contribution is -2.29. The molecule has 0 aliphatic carbocycles. The highest BCUT2D eigenvalue weighted by Gasteiger charge is 2.34. The average molecular weight is 300 g/mol. The second-order valence-corrected chi connectivity index (χ2v) is 9.07. The summed E-state index contributed by atoms with van der Waals surface area (Å²) in [7, 11) is -2.93. The van der Waals surface area contributed by atoms with Crippen LogP contribution in [0, 0.1) is 5.41 Å². The summed E-state index contributed by atoms with van der Waals surface area (Å²) in [5, 5.41) is 1.49. The predicted molar refractivity (Wildman–Crippen MR) is 89.1 cm³/mol. The molecule has 2 aromatic rings. The molecule has 0 N–H and O–H groups in total. The Balaban J connectivity index is 2.51. The number of carbonyl (C=O) groups excluding carboxylic acids is 1. The average Bonchev–Trinajstić information content (AvgIpc) is 2.48. The lowest BCUT2D eigenvalue weighted by Gasteiger charge is -2.23. The van der Waals surface area contributed by atoms with Gasteiger partial charge in [0.15, 0.2) is 0 Å². The van der Waals surface area contributed by atoms with E-state index in [1.165, 1.54) is 0 Å². The molecule has 0 radical (unpaired) electrons. The maximum Gasteiger partial charge on any atom is 0.150 e. The molecule has 110 valence electrons. The Morgan fingerprint density at radius 1 is 0.857 bits per heavy atom. The van der Waals surface area contributed by atoms with Crippen LogP contribution < -0.4 is 10.6 Å². The molecule has 0 atom stereocenters. The minimum Gasteiger partial charge on any atom is -0.313 e. The summed E-state index contributed by atoms with van der Waals surface area (Å²) in [5.41, 5.74) is -0.487. The number of hydrogen-bond acceptors (Lipinski definition) is 2. The highest BCUT2D eigenvalue weighted by atomic mass is 31.2. The first-order valence-corrected chi connectivity index (χ1v) is 8.97. The molecule has 0 fully saturated rings. The van der Waals surface area contributed by atoms with Gasteiger partial charge in [0.05, 0.1) is 6.16 Å². The Hall–Kier alpha value is -1.66. The van der Waals surface area contributed by atoms with Gasteiger partial charge in [-0.2, -0.15) is 0 Å². The van der Waals surface area contributed by atoms with Crippen LogP contribution in [0.4, 0.5) is 0 Å². The van der Waals surface area contributed by atoms with E-state index in [1.54, 1.807) is 0 Å². The van der Waals surface area contributed by atoms with Crippen LogP contribution in [0.5, 0.6) is 0 Å². The van der Waals surface area contributed by atoms with Crippen LogP contribution in [0.2, 0.25) is 0 Å². The van der Waals surface area contributed by atoms with Crippen molar-refractivity contribution < 1.29 is 9.36 Å². The van der Waals surface area contributed by atoms with Crippen molar-refractivity contribution in [3.63, 3.8) is 0 Å². The summed E-state index contributed by atoms with van der Waals surface area (Å²) in [6.45, 7) is 5.61. The Labute approximate surface area is 126 Å². The maximum absolute atomic E-state index is 13.7. The third-order valence-corrected chi connectivity index (χ3v) is 6.55. The number of rotatable bonds is 4. The highest BCUT2D eigenvalue weighted by Crippen LogP contribution is 2.44. The van der Waals surface area contributed by atoms with Crippen molar-refractivity contribution in [2.45, 2.75) is 20.8 Å². The van der Waals surface area contributed by atoms with Crippen LogP contribution in [0.3, 0.4) is 0 Å². The monoisotopic (exact) mass is 300 g/mol. The van der Waals surface area contributed by atoms with E-state index >= 15 is 0 Å². The SMILES string of the molecule is CC(C)(C)C(=O)CP(=O)(c1ccccc1)c1ccccc1. The van der Waals surface area contributed by atoms with Crippen molar-refractivity contribution in [2.24, 2.45) is 5.41 Å². The molecular weight excluding hydrogens is 279 g/mol. The zero-order valence-corrected chi connectivity index (χ0v) is 13.6. The molecule has 0 saturated heterocycles. The lowest BCUT2D eigenvalue weighted by molar-refractivity contribution is -0.123. The lowest BCUT2D eigenvalue weighted by atomic mass is 9.92. The Morgan fingerprint density at radius 2 is 1.24 bits per heavy atom. The van der Waals surface area contributed by atoms with E-state index in [2.05, 4.69) is 0 Å². The van der Waals surface area contributed by atoms with Crippen LogP contribution in [-0.2, 0) is 9.36 Å². The Morgan fingerprint density at radius 3 is 1.57 bits per heavy atom. The smallest absolute Gasteiger partial charge is 0.150 e. The topological polar surface area (TPSA) is 34.1 Å². The van der Waals surface area contributed by atoms with Gasteiger partial charge in [0.1, 0.15) is 12.9 Å². The van der Waals surface area contributed by atoms with Crippen LogP contribution >= 0.6 is 7.14 Å². The Bertz CT molecular complexity index is 611. The molecule has 2 rings (SSSR count). The fourth-order valence-electron chi connectivity index (χ4n) is 2.11. The van der Waals surface area contributed by atoms with Crippen LogP contribution in [0.1, 0.15) is 20.8 Å². The van der Waals surface area contributed by atoms with Crippen molar-refractivity contribution in [3.8, 4) is 0 Å². The van der Waals surface area contributed by atoms with Gasteiger partial charge >= 0.3 is 0 Å². The molecule has 0 spiro atoms. The minimum atomic E-state index is -2.93. The van der Waals surface area contributed by atoms with Crippen LogP contribution in [-0.4, -0.2) is 11.9 Å². The zero-order valence-electron chi connectivity index (χ0n) is 12.7. The van der Waals surface area contributed by atoms with E-state index in [1.807, 2.05) is 81.4 Å². The maximum atomic E-state index is 13.7. The van der Waals surface area contributed by atoms with Gasteiger partial charge in [-0.1, -0.05) is 81.4 Å². The standard InChI is InChI=1S/C18H21O2P/c1-18(2,3)17(19)14-21(20,15-10-6-4-7-11-15)16-12-8-5-9-13-16/h4-13H,14H2,1-3H3. The number of hydrogen-bond donors (Lipinski definition) is 0. The summed E-state index contributed by atoms with van der Waals surface area (Å²) in [6.07, 6.45) is 0.0739. The molecular formula is C18H21O2P. The molecule has 0 aliphatic heterocycles. The van der Waals surface area contributed by atoms with E-state index in [4.69, 9.17) is 0 Å². The molecule has 0 saturated carbocycles. The van der Waals surface area contributed by atoms with Crippen LogP contribution in [0.25, 0.3) is 0 Å². The predicted octanol–water partition coefficient (Wildman–Crippen LogP) is 3.62. The molecule has 0 aromatic heterocycles. The minimum absolute atomic E-state index is 0.0264. The molecule has 2 nitrogen and oxygen atoms in total. The van der Waals surface area contributed by atoms with Gasteiger partial charge in [0, 0.05) is 16.0 Å². The van der Waals surface area contributed by atoms with E-state index in [9.17, 15) is 9.36 Å². The van der Waals surface area contributed by atoms with Crippen molar-refractivity contribution >= 4 is 23.5 Å². The summed E-state index contributed by atoms with van der Waals surface area (Å²) in [6, 6.07) is 18.7. The van der Waals surface area contributed by atoms with Gasteiger partial charge in [0.2, 0.25) is 0 Å². The summed E-state index contributed by atoms with van der Waals surface area (Å²) in [4.78, 5) is 12.5. The van der Waals surface area contributed by atoms with E-state index < -0.39 is 12.6 Å². The van der Waals surface area contributed by atoms with Gasteiger partial charge in [-0.25, -0.2) is 0 Å². The van der Waals surface area contributed by atoms with Crippen LogP contribution in [0.15, 0.2) is 60.7 Å². The third-order valence-electron chi connectivity index (χ3n) is 3.55. The number of benzene rings is 2.